The van der Waals surface area contributed by atoms with Crippen LogP contribution >= 0.6 is 0 Å². The summed E-state index contributed by atoms with van der Waals surface area (Å²) in [6, 6.07) is 12.7. The maximum absolute atomic E-state index is 12.6. The topological polar surface area (TPSA) is 57.6 Å². The first-order chi connectivity index (χ1) is 10.2. The van der Waals surface area contributed by atoms with Gasteiger partial charge in [0.05, 0.1) is 0 Å². The number of aliphatic carboxylic acids is 1. The highest BCUT2D eigenvalue weighted by molar-refractivity contribution is 6.00. The minimum atomic E-state index is -0.913. The number of likely N-dealkylation sites (tertiary alicyclic amines) is 1. The first-order valence-electron chi connectivity index (χ1n) is 7.19. The largest absolute Gasteiger partial charge is 0.480 e. The lowest BCUT2D eigenvalue weighted by molar-refractivity contribution is -0.143. The Bertz CT molecular complexity index is 695. The highest BCUT2D eigenvalue weighted by Gasteiger charge is 2.32. The smallest absolute Gasteiger partial charge is 0.326 e. The van der Waals surface area contributed by atoms with Crippen molar-refractivity contribution in [3.05, 3.63) is 48.0 Å². The average Bonchev–Trinajstić information content (AvgIpc) is 2.53. The standard InChI is InChI=1S/C17H17NO3/c19-16(18-10-4-3-7-15(18)17(20)21)14-9-8-12-5-1-2-6-13(12)11-14/h1-2,5-6,8-9,11,15H,3-4,7,10H2,(H,20,21). The summed E-state index contributed by atoms with van der Waals surface area (Å²) in [5, 5.41) is 11.3. The number of fused-ring (bicyclic) bond motifs is 1. The molecule has 0 spiro atoms. The highest BCUT2D eigenvalue weighted by atomic mass is 16.4. The summed E-state index contributed by atoms with van der Waals surface area (Å²) in [4.78, 5) is 25.4. The van der Waals surface area contributed by atoms with Gasteiger partial charge in [-0.3, -0.25) is 4.79 Å². The van der Waals surface area contributed by atoms with Crippen LogP contribution in [0.25, 0.3) is 10.8 Å². The van der Waals surface area contributed by atoms with E-state index in [4.69, 9.17) is 0 Å². The van der Waals surface area contributed by atoms with Crippen LogP contribution in [0, 0.1) is 0 Å². The van der Waals surface area contributed by atoms with Crippen molar-refractivity contribution in [3.63, 3.8) is 0 Å². The Hall–Kier alpha value is -2.36. The van der Waals surface area contributed by atoms with Crippen molar-refractivity contribution in [2.75, 3.05) is 6.54 Å². The molecular formula is C17H17NO3. The number of piperidine rings is 1. The van der Waals surface area contributed by atoms with Gasteiger partial charge in [0.2, 0.25) is 0 Å². The van der Waals surface area contributed by atoms with Crippen molar-refractivity contribution in [2.24, 2.45) is 0 Å². The Labute approximate surface area is 123 Å². The predicted octanol–water partition coefficient (Wildman–Crippen LogP) is 2.92. The Morgan fingerprint density at radius 3 is 2.57 bits per heavy atom. The number of amides is 1. The van der Waals surface area contributed by atoms with Gasteiger partial charge in [0, 0.05) is 12.1 Å². The van der Waals surface area contributed by atoms with Gasteiger partial charge in [-0.2, -0.15) is 0 Å². The van der Waals surface area contributed by atoms with E-state index in [1.807, 2.05) is 36.4 Å². The third kappa shape index (κ3) is 2.61. The van der Waals surface area contributed by atoms with Crippen LogP contribution in [-0.4, -0.2) is 34.5 Å². The van der Waals surface area contributed by atoms with Gasteiger partial charge in [0.15, 0.2) is 0 Å². The second-order valence-corrected chi connectivity index (χ2v) is 5.41. The zero-order valence-electron chi connectivity index (χ0n) is 11.7. The number of carbonyl (C=O) groups is 2. The lowest BCUT2D eigenvalue weighted by atomic mass is 10.00. The molecule has 0 bridgehead atoms. The van der Waals surface area contributed by atoms with E-state index < -0.39 is 12.0 Å². The first kappa shape index (κ1) is 13.6. The van der Waals surface area contributed by atoms with Crippen molar-refractivity contribution in [3.8, 4) is 0 Å². The number of carboxylic acid groups (broad SMARTS) is 1. The summed E-state index contributed by atoms with van der Waals surface area (Å²) in [6.45, 7) is 0.516. The van der Waals surface area contributed by atoms with Crippen LogP contribution < -0.4 is 0 Å². The molecule has 0 saturated carbocycles. The zero-order chi connectivity index (χ0) is 14.8. The summed E-state index contributed by atoms with van der Waals surface area (Å²) >= 11 is 0. The van der Waals surface area contributed by atoms with E-state index in [-0.39, 0.29) is 5.91 Å². The molecule has 0 aliphatic carbocycles. The maximum Gasteiger partial charge on any atom is 0.326 e. The summed E-state index contributed by atoms with van der Waals surface area (Å²) in [5.41, 5.74) is 0.557. The van der Waals surface area contributed by atoms with Crippen LogP contribution in [0.5, 0.6) is 0 Å². The lowest BCUT2D eigenvalue weighted by Gasteiger charge is -2.33. The van der Waals surface area contributed by atoms with Gasteiger partial charge in [-0.25, -0.2) is 4.79 Å². The fourth-order valence-corrected chi connectivity index (χ4v) is 2.92. The highest BCUT2D eigenvalue weighted by Crippen LogP contribution is 2.22. The molecule has 4 heteroatoms. The molecule has 0 radical (unpaired) electrons. The Balaban J connectivity index is 1.93. The molecule has 1 aliphatic heterocycles. The quantitative estimate of drug-likeness (QED) is 0.922. The fourth-order valence-electron chi connectivity index (χ4n) is 2.92. The second-order valence-electron chi connectivity index (χ2n) is 5.41. The van der Waals surface area contributed by atoms with E-state index in [2.05, 4.69) is 0 Å². The summed E-state index contributed by atoms with van der Waals surface area (Å²) < 4.78 is 0. The van der Waals surface area contributed by atoms with Gasteiger partial charge in [-0.05, 0) is 42.2 Å². The molecule has 1 N–H and O–H groups in total. The molecule has 0 aromatic heterocycles. The maximum atomic E-state index is 12.6. The average molecular weight is 283 g/mol. The predicted molar refractivity (Wildman–Crippen MR) is 80.3 cm³/mol. The normalized spacial score (nSPS) is 18.7. The van der Waals surface area contributed by atoms with Crippen molar-refractivity contribution in [1.29, 1.82) is 0 Å². The van der Waals surface area contributed by atoms with Crippen molar-refractivity contribution in [1.82, 2.24) is 4.90 Å². The van der Waals surface area contributed by atoms with Gasteiger partial charge in [0.25, 0.3) is 5.91 Å². The Kier molecular flexibility index (Phi) is 3.60. The molecule has 1 saturated heterocycles. The van der Waals surface area contributed by atoms with E-state index in [0.717, 1.165) is 23.6 Å². The van der Waals surface area contributed by atoms with Crippen LogP contribution in [0.3, 0.4) is 0 Å². The molecule has 1 fully saturated rings. The molecule has 2 aromatic rings. The molecule has 1 unspecified atom stereocenters. The minimum Gasteiger partial charge on any atom is -0.480 e. The third-order valence-electron chi connectivity index (χ3n) is 4.05. The van der Waals surface area contributed by atoms with Crippen molar-refractivity contribution < 1.29 is 14.7 Å². The van der Waals surface area contributed by atoms with Gasteiger partial charge in [0.1, 0.15) is 6.04 Å². The van der Waals surface area contributed by atoms with Crippen molar-refractivity contribution >= 4 is 22.6 Å². The molecule has 1 amide bonds. The van der Waals surface area contributed by atoms with Gasteiger partial charge >= 0.3 is 5.97 Å². The fraction of sp³-hybridized carbons (Fsp3) is 0.294. The molecule has 1 atom stereocenters. The van der Waals surface area contributed by atoms with Gasteiger partial charge in [-0.15, -0.1) is 0 Å². The molecule has 2 aromatic carbocycles. The van der Waals surface area contributed by atoms with Crippen molar-refractivity contribution in [2.45, 2.75) is 25.3 Å². The number of hydrogen-bond donors (Lipinski definition) is 1. The number of rotatable bonds is 2. The van der Waals surface area contributed by atoms with Crippen LogP contribution in [0.2, 0.25) is 0 Å². The Morgan fingerprint density at radius 1 is 1.05 bits per heavy atom. The molecule has 4 nitrogen and oxygen atoms in total. The number of carboxylic acids is 1. The lowest BCUT2D eigenvalue weighted by Crippen LogP contribution is -2.47. The van der Waals surface area contributed by atoms with Crippen LogP contribution in [0.1, 0.15) is 29.6 Å². The number of nitrogens with zero attached hydrogens (tertiary/aromatic N) is 1. The summed E-state index contributed by atoms with van der Waals surface area (Å²) in [5.74, 6) is -1.10. The zero-order valence-corrected chi connectivity index (χ0v) is 11.7. The molecule has 21 heavy (non-hydrogen) atoms. The van der Waals surface area contributed by atoms with Crippen LogP contribution in [0.4, 0.5) is 0 Å². The monoisotopic (exact) mass is 283 g/mol. The summed E-state index contributed by atoms with van der Waals surface area (Å²) in [7, 11) is 0. The van der Waals surface area contributed by atoms with Gasteiger partial charge in [-0.1, -0.05) is 30.3 Å². The SMILES string of the molecule is O=C(O)C1CCCCN1C(=O)c1ccc2ccccc2c1. The van der Waals surface area contributed by atoms with E-state index in [1.165, 1.54) is 4.90 Å². The number of hydrogen-bond acceptors (Lipinski definition) is 2. The van der Waals surface area contributed by atoms with Crippen LogP contribution in [0.15, 0.2) is 42.5 Å². The number of carbonyl (C=O) groups excluding carboxylic acids is 1. The van der Waals surface area contributed by atoms with E-state index >= 15 is 0 Å². The summed E-state index contributed by atoms with van der Waals surface area (Å²) in [6.07, 6.45) is 2.26. The van der Waals surface area contributed by atoms with E-state index in [0.29, 0.717) is 18.5 Å². The first-order valence-corrected chi connectivity index (χ1v) is 7.19. The molecule has 3 rings (SSSR count). The minimum absolute atomic E-state index is 0.187. The Morgan fingerprint density at radius 2 is 1.81 bits per heavy atom. The second kappa shape index (κ2) is 5.56. The van der Waals surface area contributed by atoms with Gasteiger partial charge < -0.3 is 10.0 Å². The third-order valence-corrected chi connectivity index (χ3v) is 4.05. The molecular weight excluding hydrogens is 266 g/mol. The van der Waals surface area contributed by atoms with E-state index in [9.17, 15) is 14.7 Å². The molecule has 108 valence electrons. The van der Waals surface area contributed by atoms with E-state index in [1.54, 1.807) is 6.07 Å². The molecule has 1 heterocycles. The number of benzene rings is 2. The van der Waals surface area contributed by atoms with Crippen LogP contribution in [-0.2, 0) is 4.79 Å². The molecule has 1 aliphatic rings.